The van der Waals surface area contributed by atoms with E-state index >= 15 is 0 Å². The number of aromatic nitrogens is 3. The van der Waals surface area contributed by atoms with E-state index in [4.69, 9.17) is 4.52 Å². The zero-order valence-electron chi connectivity index (χ0n) is 16.7. The standard InChI is InChI=1S/C19H23N5O4S2/c1-13-18(12-21-23(13)2)30(26,27)24-7-5-14(6-8-24)16-10-17(28-22-16)19(25)20-11-15-4-3-9-29-15/h3-4,9-10,12,14H,5-8,11H2,1-2H3,(H,20,25). The van der Waals surface area contributed by atoms with Gasteiger partial charge < -0.3 is 9.84 Å². The molecule has 1 saturated heterocycles. The number of amides is 1. The molecule has 160 valence electrons. The first-order chi connectivity index (χ1) is 14.4. The van der Waals surface area contributed by atoms with Crippen LogP contribution < -0.4 is 5.32 Å². The summed E-state index contributed by atoms with van der Waals surface area (Å²) in [4.78, 5) is 13.6. The molecule has 0 atom stereocenters. The van der Waals surface area contributed by atoms with Crippen molar-refractivity contribution in [2.45, 2.75) is 37.1 Å². The topological polar surface area (TPSA) is 110 Å². The van der Waals surface area contributed by atoms with Crippen LogP contribution >= 0.6 is 11.3 Å². The molecule has 3 aromatic heterocycles. The van der Waals surface area contributed by atoms with E-state index in [1.54, 1.807) is 36.1 Å². The van der Waals surface area contributed by atoms with Gasteiger partial charge in [-0.15, -0.1) is 11.3 Å². The molecule has 11 heteroatoms. The highest BCUT2D eigenvalue weighted by Gasteiger charge is 2.33. The number of aryl methyl sites for hydroxylation is 1. The Hall–Kier alpha value is -2.50. The van der Waals surface area contributed by atoms with Crippen molar-refractivity contribution in [1.29, 1.82) is 0 Å². The van der Waals surface area contributed by atoms with Gasteiger partial charge in [-0.05, 0) is 31.2 Å². The lowest BCUT2D eigenvalue weighted by Gasteiger charge is -2.30. The summed E-state index contributed by atoms with van der Waals surface area (Å²) in [5.41, 5.74) is 1.30. The van der Waals surface area contributed by atoms with E-state index in [2.05, 4.69) is 15.6 Å². The summed E-state index contributed by atoms with van der Waals surface area (Å²) < 4.78 is 34.1. The zero-order chi connectivity index (χ0) is 21.3. The zero-order valence-corrected chi connectivity index (χ0v) is 18.4. The fourth-order valence-corrected chi connectivity index (χ4v) is 5.82. The lowest BCUT2D eigenvalue weighted by Crippen LogP contribution is -2.38. The fourth-order valence-electron chi connectivity index (χ4n) is 3.52. The Labute approximate surface area is 178 Å². The summed E-state index contributed by atoms with van der Waals surface area (Å²) in [7, 11) is -1.85. The molecule has 1 aliphatic rings. The summed E-state index contributed by atoms with van der Waals surface area (Å²) >= 11 is 1.57. The molecule has 1 fully saturated rings. The first-order valence-electron chi connectivity index (χ1n) is 9.62. The maximum absolute atomic E-state index is 12.9. The van der Waals surface area contributed by atoms with Gasteiger partial charge in [-0.25, -0.2) is 8.42 Å². The molecule has 1 aliphatic heterocycles. The van der Waals surface area contributed by atoms with Crippen LogP contribution in [0, 0.1) is 6.92 Å². The van der Waals surface area contributed by atoms with E-state index in [1.807, 2.05) is 17.5 Å². The Morgan fingerprint density at radius 2 is 2.13 bits per heavy atom. The highest BCUT2D eigenvalue weighted by Crippen LogP contribution is 2.31. The SMILES string of the molecule is Cc1c(S(=O)(=O)N2CCC(c3cc(C(=O)NCc4cccs4)on3)CC2)cnn1C. The molecule has 0 saturated carbocycles. The number of carbonyl (C=O) groups is 1. The molecule has 4 rings (SSSR count). The molecule has 1 N–H and O–H groups in total. The Bertz CT molecular complexity index is 1130. The van der Waals surface area contributed by atoms with Crippen LogP contribution in [-0.4, -0.2) is 46.7 Å². The van der Waals surface area contributed by atoms with E-state index < -0.39 is 10.0 Å². The Kier molecular flexibility index (Phi) is 5.76. The molecule has 0 aliphatic carbocycles. The smallest absolute Gasteiger partial charge is 0.290 e. The average molecular weight is 450 g/mol. The third-order valence-corrected chi connectivity index (χ3v) is 8.31. The summed E-state index contributed by atoms with van der Waals surface area (Å²) in [6, 6.07) is 5.54. The van der Waals surface area contributed by atoms with Crippen molar-refractivity contribution in [3.05, 3.63) is 51.8 Å². The predicted octanol–water partition coefficient (Wildman–Crippen LogP) is 2.28. The molecule has 0 bridgehead atoms. The number of rotatable bonds is 6. The van der Waals surface area contributed by atoms with Crippen LogP contribution in [0.25, 0.3) is 0 Å². The van der Waals surface area contributed by atoms with Crippen LogP contribution in [-0.2, 0) is 23.6 Å². The van der Waals surface area contributed by atoms with Crippen molar-refractivity contribution in [2.24, 2.45) is 7.05 Å². The Balaban J connectivity index is 1.36. The molecule has 0 unspecified atom stereocenters. The lowest BCUT2D eigenvalue weighted by atomic mass is 9.94. The first kappa shape index (κ1) is 20.8. The van der Waals surface area contributed by atoms with Crippen LogP contribution in [0.15, 0.2) is 39.2 Å². The van der Waals surface area contributed by atoms with Crippen molar-refractivity contribution < 1.29 is 17.7 Å². The van der Waals surface area contributed by atoms with Crippen molar-refractivity contribution in [3.8, 4) is 0 Å². The lowest BCUT2D eigenvalue weighted by molar-refractivity contribution is 0.0914. The third-order valence-electron chi connectivity index (χ3n) is 5.44. The number of thiophene rings is 1. The number of nitrogens with one attached hydrogen (secondary N) is 1. The van der Waals surface area contributed by atoms with E-state index in [-0.39, 0.29) is 22.5 Å². The van der Waals surface area contributed by atoms with Gasteiger partial charge in [0.05, 0.1) is 24.1 Å². The summed E-state index contributed by atoms with van der Waals surface area (Å²) in [6.07, 6.45) is 2.62. The van der Waals surface area contributed by atoms with E-state index in [9.17, 15) is 13.2 Å². The second-order valence-corrected chi connectivity index (χ2v) is 10.2. The van der Waals surface area contributed by atoms with Gasteiger partial charge in [-0.1, -0.05) is 11.2 Å². The number of hydrogen-bond donors (Lipinski definition) is 1. The van der Waals surface area contributed by atoms with Gasteiger partial charge >= 0.3 is 0 Å². The quantitative estimate of drug-likeness (QED) is 0.618. The summed E-state index contributed by atoms with van der Waals surface area (Å²) in [5.74, 6) is -0.0918. The Morgan fingerprint density at radius 1 is 1.37 bits per heavy atom. The highest BCUT2D eigenvalue weighted by molar-refractivity contribution is 7.89. The first-order valence-corrected chi connectivity index (χ1v) is 11.9. The van der Waals surface area contributed by atoms with Crippen molar-refractivity contribution >= 4 is 27.3 Å². The van der Waals surface area contributed by atoms with Crippen LogP contribution in [0.1, 0.15) is 45.6 Å². The Morgan fingerprint density at radius 3 is 2.77 bits per heavy atom. The number of nitrogens with zero attached hydrogens (tertiary/aromatic N) is 4. The van der Waals surface area contributed by atoms with Gasteiger partial charge in [0.15, 0.2) is 0 Å². The van der Waals surface area contributed by atoms with Gasteiger partial charge in [0.1, 0.15) is 4.90 Å². The van der Waals surface area contributed by atoms with Crippen molar-refractivity contribution in [3.63, 3.8) is 0 Å². The minimum absolute atomic E-state index is 0.0500. The van der Waals surface area contributed by atoms with Gasteiger partial charge in [-0.2, -0.15) is 9.40 Å². The largest absolute Gasteiger partial charge is 0.351 e. The second-order valence-electron chi connectivity index (χ2n) is 7.27. The van der Waals surface area contributed by atoms with E-state index in [0.29, 0.717) is 43.9 Å². The fraction of sp³-hybridized carbons (Fsp3) is 0.421. The monoisotopic (exact) mass is 449 g/mol. The molecule has 3 aromatic rings. The van der Waals surface area contributed by atoms with E-state index in [1.165, 1.54) is 10.5 Å². The van der Waals surface area contributed by atoms with Crippen LogP contribution in [0.3, 0.4) is 0 Å². The van der Waals surface area contributed by atoms with Gasteiger partial charge in [-0.3, -0.25) is 9.48 Å². The minimum Gasteiger partial charge on any atom is -0.351 e. The van der Waals surface area contributed by atoms with Crippen molar-refractivity contribution in [2.75, 3.05) is 13.1 Å². The molecule has 9 nitrogen and oxygen atoms in total. The third kappa shape index (κ3) is 4.05. The van der Waals surface area contributed by atoms with E-state index in [0.717, 1.165) is 4.88 Å². The van der Waals surface area contributed by atoms with Gasteiger partial charge in [0.2, 0.25) is 15.8 Å². The van der Waals surface area contributed by atoms with Crippen molar-refractivity contribution in [1.82, 2.24) is 24.6 Å². The molecule has 4 heterocycles. The number of sulfonamides is 1. The van der Waals surface area contributed by atoms with Crippen LogP contribution in [0.5, 0.6) is 0 Å². The van der Waals surface area contributed by atoms with Gasteiger partial charge in [0, 0.05) is 37.0 Å². The normalized spacial score (nSPS) is 16.1. The summed E-state index contributed by atoms with van der Waals surface area (Å²) in [5, 5.41) is 12.9. The maximum Gasteiger partial charge on any atom is 0.290 e. The minimum atomic E-state index is -3.57. The number of carbonyl (C=O) groups excluding carboxylic acids is 1. The average Bonchev–Trinajstić information content (AvgIpc) is 3.49. The molecule has 0 spiro atoms. The molecule has 1 amide bonds. The van der Waals surface area contributed by atoms with Gasteiger partial charge in [0.25, 0.3) is 5.91 Å². The molecule has 0 radical (unpaired) electrons. The highest BCUT2D eigenvalue weighted by atomic mass is 32.2. The number of hydrogen-bond acceptors (Lipinski definition) is 7. The molecule has 0 aromatic carbocycles. The maximum atomic E-state index is 12.9. The number of piperidine rings is 1. The summed E-state index contributed by atoms with van der Waals surface area (Å²) in [6.45, 7) is 2.95. The molecular weight excluding hydrogens is 426 g/mol. The molecular formula is C19H23N5O4S2. The molecule has 30 heavy (non-hydrogen) atoms. The van der Waals surface area contributed by atoms with Crippen LogP contribution in [0.2, 0.25) is 0 Å². The predicted molar refractivity (Wildman–Crippen MR) is 111 cm³/mol. The second kappa shape index (κ2) is 8.32. The van der Waals surface area contributed by atoms with Crippen LogP contribution in [0.4, 0.5) is 0 Å².